The molecule has 1 aliphatic heterocycles. The van der Waals surface area contributed by atoms with E-state index in [0.717, 1.165) is 63.3 Å². The van der Waals surface area contributed by atoms with Gasteiger partial charge in [-0.15, -0.1) is 0 Å². The number of allylic oxidation sites excluding steroid dienone is 4. The maximum Gasteiger partial charge on any atom is 0.335 e. The number of ether oxygens (including phenoxy) is 1. The highest BCUT2D eigenvalue weighted by Gasteiger charge is 2.25. The molecule has 41 heavy (non-hydrogen) atoms. The van der Waals surface area contributed by atoms with E-state index in [4.69, 9.17) is 10.00 Å². The van der Waals surface area contributed by atoms with Crippen LogP contribution in [0.5, 0.6) is 5.75 Å². The molecule has 0 aromatic heterocycles. The van der Waals surface area contributed by atoms with Crippen LogP contribution in [0.3, 0.4) is 0 Å². The van der Waals surface area contributed by atoms with E-state index in [-0.39, 0.29) is 5.82 Å². The van der Waals surface area contributed by atoms with Gasteiger partial charge in [-0.25, -0.2) is 4.79 Å². The third-order valence-corrected chi connectivity index (χ3v) is 6.80. The summed E-state index contributed by atoms with van der Waals surface area (Å²) in [6.45, 7) is 18.5. The van der Waals surface area contributed by atoms with Gasteiger partial charge in [0, 0.05) is 5.56 Å². The van der Waals surface area contributed by atoms with E-state index in [1.165, 1.54) is 0 Å². The molecule has 1 N–H and O–H groups in total. The molecule has 211 valence electrons. The number of carbonyl (C=O) groups is 1. The molecule has 4 nitrogen and oxygen atoms in total. The van der Waals surface area contributed by atoms with Crippen LogP contribution >= 0.6 is 0 Å². The monoisotopic (exact) mass is 546 g/mol. The smallest absolute Gasteiger partial charge is 0.335 e. The number of nitriles is 1. The number of fused-ring (bicyclic) bond motifs is 1. The van der Waals surface area contributed by atoms with Gasteiger partial charge in [-0.1, -0.05) is 95.2 Å². The lowest BCUT2D eigenvalue weighted by molar-refractivity contribution is 0.0698. The maximum absolute atomic E-state index is 11.6. The maximum atomic E-state index is 11.6. The van der Waals surface area contributed by atoms with Crippen LogP contribution in [0.15, 0.2) is 90.7 Å². The van der Waals surface area contributed by atoms with Crippen molar-refractivity contribution in [2.75, 3.05) is 0 Å². The first-order valence-corrected chi connectivity index (χ1v) is 14.3. The molecule has 1 atom stereocenters. The van der Waals surface area contributed by atoms with E-state index in [1.54, 1.807) is 12.1 Å². The number of aromatic carboxylic acids is 1. The fourth-order valence-corrected chi connectivity index (χ4v) is 4.68. The van der Waals surface area contributed by atoms with Crippen molar-refractivity contribution in [3.63, 3.8) is 0 Å². The highest BCUT2D eigenvalue weighted by atomic mass is 16.5. The van der Waals surface area contributed by atoms with Crippen LogP contribution in [0.25, 0.3) is 5.57 Å². The Morgan fingerprint density at radius 2 is 1.78 bits per heavy atom. The normalized spacial score (nSPS) is 12.6. The zero-order chi connectivity index (χ0) is 30.5. The van der Waals surface area contributed by atoms with Crippen molar-refractivity contribution in [1.29, 1.82) is 5.26 Å². The predicted molar refractivity (Wildman–Crippen MR) is 172 cm³/mol. The SMILES string of the molecule is C=C1C=C(/C(=C/C)CC)Oc2c1cc(C)cc2C(C)[B]c1ccccc1C(=O)O.CC.CCc1ccccc1C#N. The van der Waals surface area contributed by atoms with Gasteiger partial charge in [-0.2, -0.15) is 5.26 Å². The Kier molecular flexibility index (Phi) is 12.9. The van der Waals surface area contributed by atoms with Crippen molar-refractivity contribution in [3.05, 3.63) is 124 Å². The molecule has 0 saturated heterocycles. The summed E-state index contributed by atoms with van der Waals surface area (Å²) in [5.41, 5.74) is 8.13. The van der Waals surface area contributed by atoms with E-state index in [1.807, 2.05) is 70.5 Å². The number of nitrogens with zero attached hydrogens (tertiary/aromatic N) is 1. The summed E-state index contributed by atoms with van der Waals surface area (Å²) in [4.78, 5) is 11.6. The molecule has 3 aromatic rings. The highest BCUT2D eigenvalue weighted by Crippen LogP contribution is 2.41. The summed E-state index contributed by atoms with van der Waals surface area (Å²) in [6, 6.07) is 21.1. The lowest BCUT2D eigenvalue weighted by Gasteiger charge is -2.26. The molecule has 0 aliphatic carbocycles. The molecule has 4 rings (SSSR count). The highest BCUT2D eigenvalue weighted by molar-refractivity contribution is 6.56. The quantitative estimate of drug-likeness (QED) is 0.301. The number of hydrogen-bond donors (Lipinski definition) is 1. The lowest BCUT2D eigenvalue weighted by Crippen LogP contribution is -2.27. The zero-order valence-electron chi connectivity index (χ0n) is 25.4. The number of carboxylic acid groups (broad SMARTS) is 1. The molecule has 1 unspecified atom stereocenters. The van der Waals surface area contributed by atoms with Crippen LogP contribution in [0.1, 0.15) is 92.0 Å². The second kappa shape index (κ2) is 16.1. The first kappa shape index (κ1) is 32.9. The summed E-state index contributed by atoms with van der Waals surface area (Å²) >= 11 is 0. The van der Waals surface area contributed by atoms with Crippen molar-refractivity contribution < 1.29 is 14.6 Å². The molecule has 0 fully saturated rings. The van der Waals surface area contributed by atoms with Gasteiger partial charge in [0.2, 0.25) is 0 Å². The minimum absolute atomic E-state index is 0.0352. The summed E-state index contributed by atoms with van der Waals surface area (Å²) in [5.74, 6) is 0.677. The minimum atomic E-state index is -0.925. The standard InChI is InChI=1S/C25H26BO3.C9H9N.C2H6/c1-6-18(7-2)23-14-16(4)20-12-15(3)13-21(24(20)29-23)17(5)26-22-11-9-8-10-19(22)25(27)28;1-2-8-5-3-4-6-9(8)7-10;1-2/h6,8-14,17H,4,7H2,1-3,5H3,(H,27,28);3-6H,2H2,1H3;1-2H3/b18-6+;;. The first-order valence-electron chi connectivity index (χ1n) is 14.3. The molecule has 0 amide bonds. The van der Waals surface area contributed by atoms with Crippen molar-refractivity contribution in [3.8, 4) is 11.8 Å². The minimum Gasteiger partial charge on any atom is -0.478 e. The molecule has 1 aliphatic rings. The fourth-order valence-electron chi connectivity index (χ4n) is 4.68. The molecule has 0 saturated carbocycles. The van der Waals surface area contributed by atoms with Crippen molar-refractivity contribution in [2.24, 2.45) is 0 Å². The molecule has 0 bridgehead atoms. The Morgan fingerprint density at radius 3 is 2.37 bits per heavy atom. The molecular formula is C36H41BNO3. The Hall–Kier alpha value is -4.30. The number of benzene rings is 3. The second-order valence-corrected chi connectivity index (χ2v) is 9.50. The summed E-state index contributed by atoms with van der Waals surface area (Å²) in [6.07, 6.45) is 5.87. The van der Waals surface area contributed by atoms with Gasteiger partial charge < -0.3 is 9.84 Å². The largest absolute Gasteiger partial charge is 0.478 e. The number of carboxylic acids is 1. The van der Waals surface area contributed by atoms with E-state index < -0.39 is 5.97 Å². The first-order chi connectivity index (χ1) is 19.7. The van der Waals surface area contributed by atoms with Gasteiger partial charge >= 0.3 is 5.97 Å². The Balaban J connectivity index is 0.000000410. The lowest BCUT2D eigenvalue weighted by atomic mass is 9.56. The summed E-state index contributed by atoms with van der Waals surface area (Å²) in [5, 5.41) is 18.1. The second-order valence-electron chi connectivity index (χ2n) is 9.50. The van der Waals surface area contributed by atoms with E-state index in [9.17, 15) is 9.90 Å². The molecule has 3 aromatic carbocycles. The third kappa shape index (κ3) is 8.35. The molecule has 1 radical (unpaired) electrons. The van der Waals surface area contributed by atoms with Gasteiger partial charge in [0.15, 0.2) is 7.28 Å². The van der Waals surface area contributed by atoms with Gasteiger partial charge in [0.05, 0.1) is 17.2 Å². The molecule has 1 heterocycles. The molecule has 0 spiro atoms. The van der Waals surface area contributed by atoms with Gasteiger partial charge in [0.25, 0.3) is 0 Å². The predicted octanol–water partition coefficient (Wildman–Crippen LogP) is 8.58. The molecule has 5 heteroatoms. The fraction of sp³-hybridized carbons (Fsp3) is 0.278. The zero-order valence-corrected chi connectivity index (χ0v) is 25.4. The van der Waals surface area contributed by atoms with Crippen LogP contribution in [0, 0.1) is 18.3 Å². The third-order valence-electron chi connectivity index (χ3n) is 6.80. The number of hydrogen-bond acceptors (Lipinski definition) is 3. The van der Waals surface area contributed by atoms with Crippen LogP contribution in [0.2, 0.25) is 0 Å². The average Bonchev–Trinajstić information content (AvgIpc) is 2.99. The summed E-state index contributed by atoms with van der Waals surface area (Å²) in [7, 11) is 1.99. The van der Waals surface area contributed by atoms with Crippen LogP contribution in [0.4, 0.5) is 0 Å². The Labute approximate surface area is 247 Å². The number of rotatable bonds is 7. The van der Waals surface area contributed by atoms with Crippen molar-refractivity contribution in [1.82, 2.24) is 0 Å². The van der Waals surface area contributed by atoms with E-state index in [0.29, 0.717) is 11.0 Å². The Bertz CT molecular complexity index is 1480. The van der Waals surface area contributed by atoms with Gasteiger partial charge in [-0.05, 0) is 84.6 Å². The van der Waals surface area contributed by atoms with Crippen LogP contribution in [-0.2, 0) is 6.42 Å². The Morgan fingerprint density at radius 1 is 1.12 bits per heavy atom. The topological polar surface area (TPSA) is 70.3 Å². The number of aryl methyl sites for hydroxylation is 2. The summed E-state index contributed by atoms with van der Waals surface area (Å²) < 4.78 is 6.36. The van der Waals surface area contributed by atoms with E-state index in [2.05, 4.69) is 58.6 Å². The van der Waals surface area contributed by atoms with Crippen molar-refractivity contribution in [2.45, 2.75) is 67.1 Å². The van der Waals surface area contributed by atoms with E-state index >= 15 is 0 Å². The van der Waals surface area contributed by atoms with Crippen LogP contribution in [-0.4, -0.2) is 18.4 Å². The average molecular weight is 547 g/mol. The van der Waals surface area contributed by atoms with Gasteiger partial charge in [-0.3, -0.25) is 0 Å². The van der Waals surface area contributed by atoms with Crippen LogP contribution < -0.4 is 10.2 Å². The molecular weight excluding hydrogens is 505 g/mol. The van der Waals surface area contributed by atoms with Gasteiger partial charge in [0.1, 0.15) is 11.5 Å². The van der Waals surface area contributed by atoms with Crippen molar-refractivity contribution >= 4 is 24.3 Å².